The molecule has 1 amide bonds. The van der Waals surface area contributed by atoms with Gasteiger partial charge in [0.25, 0.3) is 11.6 Å². The average Bonchev–Trinajstić information content (AvgIpc) is 3.28. The maximum Gasteiger partial charge on any atom is 0.270 e. The minimum atomic E-state index is -3.94. The first-order chi connectivity index (χ1) is 16.2. The second-order valence-corrected chi connectivity index (χ2v) is 9.64. The minimum absolute atomic E-state index is 0.0598. The maximum atomic E-state index is 13.3. The van der Waals surface area contributed by atoms with Gasteiger partial charge in [-0.15, -0.1) is 0 Å². The van der Waals surface area contributed by atoms with Crippen molar-refractivity contribution >= 4 is 21.6 Å². The number of non-ortho nitro benzene ring substituents is 1. The predicted octanol–water partition coefficient (Wildman–Crippen LogP) is 2.63. The largest absolute Gasteiger partial charge is 0.336 e. The van der Waals surface area contributed by atoms with Crippen LogP contribution in [0.2, 0.25) is 0 Å². The summed E-state index contributed by atoms with van der Waals surface area (Å²) < 4.78 is 42.0. The molecule has 1 fully saturated rings. The summed E-state index contributed by atoms with van der Waals surface area (Å²) >= 11 is 0. The normalized spacial score (nSPS) is 14.8. The summed E-state index contributed by atoms with van der Waals surface area (Å²) in [6.07, 6.45) is 1.98. The van der Waals surface area contributed by atoms with Crippen LogP contribution in [0.4, 0.5) is 10.1 Å². The molecule has 0 atom stereocenters. The van der Waals surface area contributed by atoms with Gasteiger partial charge in [-0.2, -0.15) is 9.40 Å². The molecule has 12 heteroatoms. The highest BCUT2D eigenvalue weighted by Gasteiger charge is 2.32. The topological polar surface area (TPSA) is 119 Å². The fraction of sp³-hybridized carbons (Fsp3) is 0.273. The number of benzene rings is 2. The third-order valence-electron chi connectivity index (χ3n) is 5.70. The van der Waals surface area contributed by atoms with Crippen LogP contribution in [0.1, 0.15) is 23.0 Å². The molecule has 1 aromatic heterocycles. The Hall–Kier alpha value is -3.64. The fourth-order valence-electron chi connectivity index (χ4n) is 3.91. The molecule has 0 bridgehead atoms. The Morgan fingerprint density at radius 2 is 1.79 bits per heavy atom. The standard InChI is InChI=1S/C22H22FN5O5S/c1-2-21-20(15-24-27(21)17-8-6-16(23)7-9-17)22(29)25-10-12-26(13-11-25)34(32,33)19-5-3-4-18(14-19)28(30)31/h3-9,14-15H,2,10-13H2,1H3. The molecular formula is C22H22FN5O5S. The lowest BCUT2D eigenvalue weighted by Gasteiger charge is -2.34. The third kappa shape index (κ3) is 4.41. The summed E-state index contributed by atoms with van der Waals surface area (Å²) in [6, 6.07) is 10.7. The Kier molecular flexibility index (Phi) is 6.44. The van der Waals surface area contributed by atoms with Crippen molar-refractivity contribution in [1.82, 2.24) is 19.0 Å². The van der Waals surface area contributed by atoms with E-state index in [4.69, 9.17) is 0 Å². The molecule has 3 aromatic rings. The van der Waals surface area contributed by atoms with Crippen molar-refractivity contribution in [2.24, 2.45) is 0 Å². The zero-order valence-electron chi connectivity index (χ0n) is 18.3. The van der Waals surface area contributed by atoms with E-state index in [0.29, 0.717) is 23.4 Å². The highest BCUT2D eigenvalue weighted by Crippen LogP contribution is 2.23. The number of amides is 1. The van der Waals surface area contributed by atoms with Crippen molar-refractivity contribution < 1.29 is 22.5 Å². The number of nitrogens with zero attached hydrogens (tertiary/aromatic N) is 5. The monoisotopic (exact) mass is 487 g/mol. The molecule has 34 heavy (non-hydrogen) atoms. The average molecular weight is 488 g/mol. The molecule has 4 rings (SSSR count). The van der Waals surface area contributed by atoms with Crippen LogP contribution in [0.3, 0.4) is 0 Å². The van der Waals surface area contributed by atoms with Gasteiger partial charge >= 0.3 is 0 Å². The van der Waals surface area contributed by atoms with Crippen molar-refractivity contribution in [2.45, 2.75) is 18.2 Å². The highest BCUT2D eigenvalue weighted by molar-refractivity contribution is 7.89. The lowest BCUT2D eigenvalue weighted by Crippen LogP contribution is -2.50. The molecule has 10 nitrogen and oxygen atoms in total. The van der Waals surface area contributed by atoms with Crippen LogP contribution in [-0.2, 0) is 16.4 Å². The second-order valence-electron chi connectivity index (χ2n) is 7.70. The van der Waals surface area contributed by atoms with E-state index in [0.717, 1.165) is 6.07 Å². The van der Waals surface area contributed by atoms with Gasteiger partial charge in [0.2, 0.25) is 10.0 Å². The van der Waals surface area contributed by atoms with E-state index in [-0.39, 0.29) is 48.5 Å². The molecule has 0 spiro atoms. The summed E-state index contributed by atoms with van der Waals surface area (Å²) in [4.78, 5) is 24.9. The van der Waals surface area contributed by atoms with Gasteiger partial charge < -0.3 is 4.90 Å². The Morgan fingerprint density at radius 1 is 1.12 bits per heavy atom. The molecule has 0 unspecified atom stereocenters. The molecule has 2 aromatic carbocycles. The Morgan fingerprint density at radius 3 is 2.41 bits per heavy atom. The van der Waals surface area contributed by atoms with E-state index in [2.05, 4.69) is 5.10 Å². The van der Waals surface area contributed by atoms with E-state index in [1.54, 1.807) is 21.7 Å². The number of hydrogen-bond acceptors (Lipinski definition) is 6. The van der Waals surface area contributed by atoms with E-state index < -0.39 is 14.9 Å². The van der Waals surface area contributed by atoms with E-state index in [1.807, 2.05) is 6.92 Å². The van der Waals surface area contributed by atoms with Gasteiger partial charge in [0.15, 0.2) is 0 Å². The van der Waals surface area contributed by atoms with Crippen molar-refractivity contribution in [3.63, 3.8) is 0 Å². The summed E-state index contributed by atoms with van der Waals surface area (Å²) in [7, 11) is -3.94. The van der Waals surface area contributed by atoms with E-state index in [1.165, 1.54) is 40.8 Å². The number of rotatable bonds is 6. The number of nitro groups is 1. The molecule has 0 radical (unpaired) electrons. The molecule has 1 aliphatic rings. The van der Waals surface area contributed by atoms with Crippen LogP contribution < -0.4 is 0 Å². The molecule has 0 aliphatic carbocycles. The van der Waals surface area contributed by atoms with Crippen LogP contribution in [0.25, 0.3) is 5.69 Å². The fourth-order valence-corrected chi connectivity index (χ4v) is 5.37. The Bertz CT molecular complexity index is 1330. The molecule has 0 N–H and O–H groups in total. The van der Waals surface area contributed by atoms with Crippen LogP contribution in [0.15, 0.2) is 59.6 Å². The van der Waals surface area contributed by atoms with E-state index >= 15 is 0 Å². The number of aromatic nitrogens is 2. The van der Waals surface area contributed by atoms with Crippen molar-refractivity contribution in [3.8, 4) is 5.69 Å². The van der Waals surface area contributed by atoms with Crippen molar-refractivity contribution in [2.75, 3.05) is 26.2 Å². The number of sulfonamides is 1. The molecular weight excluding hydrogens is 465 g/mol. The first kappa shape index (κ1) is 23.5. The van der Waals surface area contributed by atoms with Crippen LogP contribution in [0.5, 0.6) is 0 Å². The van der Waals surface area contributed by atoms with Crippen LogP contribution >= 0.6 is 0 Å². The minimum Gasteiger partial charge on any atom is -0.336 e. The molecule has 1 saturated heterocycles. The zero-order valence-corrected chi connectivity index (χ0v) is 19.1. The van der Waals surface area contributed by atoms with Gasteiger partial charge in [0.05, 0.1) is 33.0 Å². The van der Waals surface area contributed by atoms with Gasteiger partial charge in [-0.05, 0) is 36.8 Å². The molecule has 0 saturated carbocycles. The number of piperazine rings is 1. The quantitative estimate of drug-likeness (QED) is 0.390. The van der Waals surface area contributed by atoms with E-state index in [9.17, 15) is 27.7 Å². The van der Waals surface area contributed by atoms with Gasteiger partial charge in [-0.25, -0.2) is 17.5 Å². The van der Waals surface area contributed by atoms with Gasteiger partial charge in [0, 0.05) is 38.3 Å². The summed E-state index contributed by atoms with van der Waals surface area (Å²) in [5, 5.41) is 15.3. The van der Waals surface area contributed by atoms with Gasteiger partial charge in [-0.3, -0.25) is 14.9 Å². The number of carbonyl (C=O) groups excluding carboxylic acids is 1. The lowest BCUT2D eigenvalue weighted by atomic mass is 10.1. The summed E-state index contributed by atoms with van der Waals surface area (Å²) in [6.45, 7) is 2.34. The smallest absolute Gasteiger partial charge is 0.270 e. The number of hydrogen-bond donors (Lipinski definition) is 0. The van der Waals surface area contributed by atoms with Crippen molar-refractivity contribution in [1.29, 1.82) is 0 Å². The first-order valence-corrected chi connectivity index (χ1v) is 12.0. The first-order valence-electron chi connectivity index (χ1n) is 10.6. The predicted molar refractivity (Wildman–Crippen MR) is 121 cm³/mol. The number of halogens is 1. The number of nitro benzene ring substituents is 1. The van der Waals surface area contributed by atoms with Crippen molar-refractivity contribution in [3.05, 3.63) is 81.9 Å². The number of carbonyl (C=O) groups is 1. The Labute approximate surface area is 195 Å². The summed E-state index contributed by atoms with van der Waals surface area (Å²) in [5.41, 5.74) is 1.40. The maximum absolute atomic E-state index is 13.3. The molecule has 1 aliphatic heterocycles. The van der Waals surface area contributed by atoms with Gasteiger partial charge in [-0.1, -0.05) is 13.0 Å². The molecule has 2 heterocycles. The van der Waals surface area contributed by atoms with Crippen LogP contribution in [-0.4, -0.2) is 64.4 Å². The Balaban J connectivity index is 1.49. The highest BCUT2D eigenvalue weighted by atomic mass is 32.2. The zero-order chi connectivity index (χ0) is 24.5. The lowest BCUT2D eigenvalue weighted by molar-refractivity contribution is -0.385. The summed E-state index contributed by atoms with van der Waals surface area (Å²) in [5.74, 6) is -0.638. The second kappa shape index (κ2) is 9.31. The SMILES string of the molecule is CCc1c(C(=O)N2CCN(S(=O)(=O)c3cccc([N+](=O)[O-])c3)CC2)cnn1-c1ccc(F)cc1. The molecule has 178 valence electrons. The third-order valence-corrected chi connectivity index (χ3v) is 7.59. The van der Waals surface area contributed by atoms with Gasteiger partial charge in [0.1, 0.15) is 5.82 Å². The van der Waals surface area contributed by atoms with Crippen LogP contribution in [0, 0.1) is 15.9 Å².